The van der Waals surface area contributed by atoms with E-state index < -0.39 is 0 Å². The van der Waals surface area contributed by atoms with Crippen molar-refractivity contribution in [2.24, 2.45) is 0 Å². The monoisotopic (exact) mass is 291 g/mol. The number of benzene rings is 1. The second-order valence-electron chi connectivity index (χ2n) is 4.22. The van der Waals surface area contributed by atoms with Gasteiger partial charge < -0.3 is 15.8 Å². The molecule has 0 saturated heterocycles. The van der Waals surface area contributed by atoms with Crippen LogP contribution in [0.4, 0.5) is 11.4 Å². The molecule has 0 saturated carbocycles. The van der Waals surface area contributed by atoms with Crippen LogP contribution in [0.3, 0.4) is 0 Å². The number of nitrogens with two attached hydrogens (primary N) is 1. The number of aromatic nitrogens is 1. The predicted octanol–water partition coefficient (Wildman–Crippen LogP) is 2.82. The standard InChI is InChI=1S/C14H17N3O2S/c1-3-19-14(18)12-6-10(15)4-5-13(12)17-8-11-7-16-9(2)20-11/h4-7,17H,3,8,15H2,1-2H3. The quantitative estimate of drug-likeness (QED) is 0.654. The SMILES string of the molecule is CCOC(=O)c1cc(N)ccc1NCc1cnc(C)s1. The van der Waals surface area contributed by atoms with Crippen LogP contribution in [0, 0.1) is 6.92 Å². The summed E-state index contributed by atoms with van der Waals surface area (Å²) in [5.41, 5.74) is 7.43. The van der Waals surface area contributed by atoms with Crippen LogP contribution in [-0.2, 0) is 11.3 Å². The molecule has 2 rings (SSSR count). The van der Waals surface area contributed by atoms with Gasteiger partial charge in [-0.2, -0.15) is 0 Å². The summed E-state index contributed by atoms with van der Waals surface area (Å²) in [6.45, 7) is 4.68. The first kappa shape index (κ1) is 14.3. The second-order valence-corrected chi connectivity index (χ2v) is 5.54. The average Bonchev–Trinajstić information content (AvgIpc) is 2.83. The van der Waals surface area contributed by atoms with Crippen molar-refractivity contribution in [2.45, 2.75) is 20.4 Å². The van der Waals surface area contributed by atoms with Crippen LogP contribution < -0.4 is 11.1 Å². The predicted molar refractivity (Wildman–Crippen MR) is 81.0 cm³/mol. The molecule has 20 heavy (non-hydrogen) atoms. The van der Waals surface area contributed by atoms with Crippen LogP contribution in [0.1, 0.15) is 27.2 Å². The van der Waals surface area contributed by atoms with Crippen molar-refractivity contribution in [1.29, 1.82) is 0 Å². The van der Waals surface area contributed by atoms with Gasteiger partial charge in [-0.05, 0) is 32.0 Å². The van der Waals surface area contributed by atoms with Crippen molar-refractivity contribution >= 4 is 28.7 Å². The van der Waals surface area contributed by atoms with Gasteiger partial charge in [0.1, 0.15) is 0 Å². The maximum absolute atomic E-state index is 11.9. The molecule has 0 aliphatic heterocycles. The first-order valence-electron chi connectivity index (χ1n) is 6.32. The fourth-order valence-electron chi connectivity index (χ4n) is 1.76. The summed E-state index contributed by atoms with van der Waals surface area (Å²) in [7, 11) is 0. The molecule has 0 bridgehead atoms. The van der Waals surface area contributed by atoms with Crippen LogP contribution in [0.25, 0.3) is 0 Å². The van der Waals surface area contributed by atoms with E-state index in [1.807, 2.05) is 13.1 Å². The molecule has 106 valence electrons. The van der Waals surface area contributed by atoms with Crippen LogP contribution in [0.2, 0.25) is 0 Å². The molecular formula is C14H17N3O2S. The highest BCUT2D eigenvalue weighted by molar-refractivity contribution is 7.11. The van der Waals surface area contributed by atoms with Crippen molar-refractivity contribution in [1.82, 2.24) is 4.98 Å². The first-order valence-corrected chi connectivity index (χ1v) is 7.13. The molecule has 2 aromatic rings. The molecule has 0 aliphatic rings. The van der Waals surface area contributed by atoms with E-state index in [0.29, 0.717) is 30.1 Å². The third kappa shape index (κ3) is 3.48. The number of hydrogen-bond donors (Lipinski definition) is 2. The Labute approximate surface area is 121 Å². The summed E-state index contributed by atoms with van der Waals surface area (Å²) in [6.07, 6.45) is 1.83. The number of anilines is 2. The Hall–Kier alpha value is -2.08. The van der Waals surface area contributed by atoms with Crippen molar-refractivity contribution < 1.29 is 9.53 Å². The van der Waals surface area contributed by atoms with Gasteiger partial charge in [0.25, 0.3) is 0 Å². The molecule has 0 aliphatic carbocycles. The number of carbonyl (C=O) groups is 1. The zero-order chi connectivity index (χ0) is 14.5. The third-order valence-corrected chi connectivity index (χ3v) is 3.57. The molecule has 0 atom stereocenters. The fraction of sp³-hybridized carbons (Fsp3) is 0.286. The Morgan fingerprint density at radius 2 is 2.30 bits per heavy atom. The lowest BCUT2D eigenvalue weighted by Crippen LogP contribution is -2.10. The summed E-state index contributed by atoms with van der Waals surface area (Å²) in [5.74, 6) is -0.372. The number of nitrogen functional groups attached to an aromatic ring is 1. The molecule has 0 spiro atoms. The minimum absolute atomic E-state index is 0.334. The maximum Gasteiger partial charge on any atom is 0.340 e. The molecule has 0 unspecified atom stereocenters. The van der Waals surface area contributed by atoms with Crippen molar-refractivity contribution in [3.63, 3.8) is 0 Å². The van der Waals surface area contributed by atoms with Gasteiger partial charge in [-0.15, -0.1) is 11.3 Å². The van der Waals surface area contributed by atoms with Crippen LogP contribution in [0.5, 0.6) is 0 Å². The Kier molecular flexibility index (Phi) is 4.57. The first-order chi connectivity index (χ1) is 9.60. The van der Waals surface area contributed by atoms with Gasteiger partial charge in [0.2, 0.25) is 0 Å². The van der Waals surface area contributed by atoms with Crippen molar-refractivity contribution in [3.8, 4) is 0 Å². The van der Waals surface area contributed by atoms with E-state index in [9.17, 15) is 4.79 Å². The number of aryl methyl sites for hydroxylation is 1. The van der Waals surface area contributed by atoms with E-state index in [-0.39, 0.29) is 5.97 Å². The van der Waals surface area contributed by atoms with Crippen LogP contribution in [-0.4, -0.2) is 17.6 Å². The van der Waals surface area contributed by atoms with Crippen molar-refractivity contribution in [3.05, 3.63) is 39.8 Å². The van der Waals surface area contributed by atoms with E-state index in [0.717, 1.165) is 9.88 Å². The number of nitrogens with one attached hydrogen (secondary N) is 1. The van der Waals surface area contributed by atoms with Gasteiger partial charge in [0, 0.05) is 22.4 Å². The lowest BCUT2D eigenvalue weighted by molar-refractivity contribution is 0.0527. The maximum atomic E-state index is 11.9. The second kappa shape index (κ2) is 6.38. The minimum Gasteiger partial charge on any atom is -0.462 e. The van der Waals surface area contributed by atoms with Gasteiger partial charge in [-0.1, -0.05) is 0 Å². The van der Waals surface area contributed by atoms with Gasteiger partial charge in [-0.3, -0.25) is 0 Å². The molecule has 6 heteroatoms. The van der Waals surface area contributed by atoms with Gasteiger partial charge in [-0.25, -0.2) is 9.78 Å². The largest absolute Gasteiger partial charge is 0.462 e. The summed E-state index contributed by atoms with van der Waals surface area (Å²) < 4.78 is 5.04. The van der Waals surface area contributed by atoms with E-state index in [2.05, 4.69) is 10.3 Å². The van der Waals surface area contributed by atoms with E-state index in [1.54, 1.807) is 36.5 Å². The molecule has 5 nitrogen and oxygen atoms in total. The van der Waals surface area contributed by atoms with Gasteiger partial charge >= 0.3 is 5.97 Å². The van der Waals surface area contributed by atoms with Gasteiger partial charge in [0.05, 0.1) is 23.7 Å². The van der Waals surface area contributed by atoms with Gasteiger partial charge in [0.15, 0.2) is 0 Å². The lowest BCUT2D eigenvalue weighted by Gasteiger charge is -2.11. The summed E-state index contributed by atoms with van der Waals surface area (Å²) >= 11 is 1.62. The van der Waals surface area contributed by atoms with Crippen LogP contribution >= 0.6 is 11.3 Å². The summed E-state index contributed by atoms with van der Waals surface area (Å²) in [5, 5.41) is 4.24. The Morgan fingerprint density at radius 3 is 2.95 bits per heavy atom. The Bertz CT molecular complexity index is 610. The molecule has 0 radical (unpaired) electrons. The minimum atomic E-state index is -0.372. The molecular weight excluding hydrogens is 274 g/mol. The Morgan fingerprint density at radius 1 is 1.50 bits per heavy atom. The number of ether oxygens (including phenoxy) is 1. The third-order valence-electron chi connectivity index (χ3n) is 2.66. The Balaban J connectivity index is 2.16. The highest BCUT2D eigenvalue weighted by Gasteiger charge is 2.13. The highest BCUT2D eigenvalue weighted by atomic mass is 32.1. The molecule has 3 N–H and O–H groups in total. The fourth-order valence-corrected chi connectivity index (χ4v) is 2.50. The number of nitrogens with zero attached hydrogens (tertiary/aromatic N) is 1. The number of thiazole rings is 1. The van der Waals surface area contributed by atoms with E-state index in [1.165, 1.54) is 0 Å². The number of carbonyl (C=O) groups excluding carboxylic acids is 1. The zero-order valence-corrected chi connectivity index (χ0v) is 12.3. The summed E-state index contributed by atoms with van der Waals surface area (Å²) in [4.78, 5) is 17.2. The van der Waals surface area contributed by atoms with E-state index in [4.69, 9.17) is 10.5 Å². The molecule has 1 heterocycles. The average molecular weight is 291 g/mol. The molecule has 0 fully saturated rings. The van der Waals surface area contributed by atoms with E-state index >= 15 is 0 Å². The molecule has 0 amide bonds. The lowest BCUT2D eigenvalue weighted by atomic mass is 10.1. The normalized spacial score (nSPS) is 10.3. The van der Waals surface area contributed by atoms with Crippen molar-refractivity contribution in [2.75, 3.05) is 17.7 Å². The smallest absolute Gasteiger partial charge is 0.340 e. The van der Waals surface area contributed by atoms with Crippen LogP contribution in [0.15, 0.2) is 24.4 Å². The number of rotatable bonds is 5. The molecule has 1 aromatic carbocycles. The summed E-state index contributed by atoms with van der Waals surface area (Å²) in [6, 6.07) is 5.16. The topological polar surface area (TPSA) is 77.2 Å². The zero-order valence-electron chi connectivity index (χ0n) is 11.5. The number of esters is 1. The molecule has 1 aromatic heterocycles. The highest BCUT2D eigenvalue weighted by Crippen LogP contribution is 2.22. The number of hydrogen-bond acceptors (Lipinski definition) is 6.